The number of anilines is 3. The van der Waals surface area contributed by atoms with E-state index in [1.54, 1.807) is 0 Å². The molecule has 1 amide bonds. The highest BCUT2D eigenvalue weighted by molar-refractivity contribution is 6.04. The molecule has 0 bridgehead atoms. The van der Waals surface area contributed by atoms with E-state index in [-0.39, 0.29) is 5.91 Å². The summed E-state index contributed by atoms with van der Waals surface area (Å²) in [7, 11) is 0. The Kier molecular flexibility index (Phi) is 10.2. The van der Waals surface area contributed by atoms with E-state index in [0.29, 0.717) is 11.5 Å². The van der Waals surface area contributed by atoms with E-state index in [2.05, 4.69) is 67.4 Å². The summed E-state index contributed by atoms with van der Waals surface area (Å²) in [4.78, 5) is 15.1. The number of carbonyl (C=O) groups excluding carboxylic acids is 1. The zero-order chi connectivity index (χ0) is 24.2. The van der Waals surface area contributed by atoms with Crippen molar-refractivity contribution in [3.63, 3.8) is 0 Å². The van der Waals surface area contributed by atoms with E-state index >= 15 is 0 Å². The highest BCUT2D eigenvalue weighted by Crippen LogP contribution is 2.31. The van der Waals surface area contributed by atoms with Crippen LogP contribution in [0.1, 0.15) is 75.2 Å². The quantitative estimate of drug-likeness (QED) is 0.279. The maximum atomic E-state index is 12.7. The van der Waals surface area contributed by atoms with Crippen molar-refractivity contribution >= 4 is 23.0 Å². The van der Waals surface area contributed by atoms with Crippen LogP contribution < -0.4 is 10.2 Å². The van der Waals surface area contributed by atoms with E-state index in [4.69, 9.17) is 0 Å². The maximum Gasteiger partial charge on any atom is 0.255 e. The van der Waals surface area contributed by atoms with Gasteiger partial charge in [0.2, 0.25) is 0 Å². The van der Waals surface area contributed by atoms with Gasteiger partial charge in [-0.25, -0.2) is 0 Å². The first kappa shape index (κ1) is 25.6. The number of rotatable bonds is 13. The average molecular weight is 457 g/mol. The van der Waals surface area contributed by atoms with E-state index in [0.717, 1.165) is 30.8 Å². The van der Waals surface area contributed by atoms with Gasteiger partial charge in [0.05, 0.1) is 0 Å². The minimum absolute atomic E-state index is 0.0843. The van der Waals surface area contributed by atoms with Crippen molar-refractivity contribution in [2.45, 2.75) is 65.7 Å². The first-order valence-electron chi connectivity index (χ1n) is 13.0. The SMILES string of the molecule is CCCCc1ccc(N(CC(CC)CCCC)c2cccc(NC(=O)c3ccccc3)c2)cc1. The van der Waals surface area contributed by atoms with Crippen molar-refractivity contribution in [3.05, 3.63) is 90.0 Å². The number of benzene rings is 3. The van der Waals surface area contributed by atoms with Crippen LogP contribution in [-0.2, 0) is 6.42 Å². The van der Waals surface area contributed by atoms with Crippen molar-refractivity contribution < 1.29 is 4.79 Å². The molecule has 0 aliphatic rings. The number of hydrogen-bond acceptors (Lipinski definition) is 2. The molecule has 0 aromatic heterocycles. The standard InChI is InChI=1S/C31H40N2O/c1-4-7-13-25(6-3)24-33(29-21-19-26(20-22-29)14-8-5-2)30-18-12-17-28(23-30)32-31(34)27-15-10-9-11-16-27/h9-12,15-23,25H,4-8,13-14,24H2,1-3H3,(H,32,34). The molecule has 3 nitrogen and oxygen atoms in total. The fourth-order valence-electron chi connectivity index (χ4n) is 4.30. The van der Waals surface area contributed by atoms with Gasteiger partial charge in [-0.2, -0.15) is 0 Å². The second-order valence-corrected chi connectivity index (χ2v) is 9.17. The molecule has 3 heteroatoms. The molecule has 0 aliphatic heterocycles. The number of hydrogen-bond donors (Lipinski definition) is 1. The lowest BCUT2D eigenvalue weighted by Gasteiger charge is -2.30. The van der Waals surface area contributed by atoms with E-state index in [1.807, 2.05) is 42.5 Å². The van der Waals surface area contributed by atoms with Crippen molar-refractivity contribution in [3.8, 4) is 0 Å². The number of nitrogens with zero attached hydrogens (tertiary/aromatic N) is 1. The molecule has 180 valence electrons. The Morgan fingerprint density at radius 1 is 0.824 bits per heavy atom. The summed E-state index contributed by atoms with van der Waals surface area (Å²) in [5, 5.41) is 3.07. The van der Waals surface area contributed by atoms with Crippen molar-refractivity contribution in [1.82, 2.24) is 0 Å². The van der Waals surface area contributed by atoms with Crippen LogP contribution in [0.25, 0.3) is 0 Å². The monoisotopic (exact) mass is 456 g/mol. The van der Waals surface area contributed by atoms with E-state index in [1.165, 1.54) is 43.4 Å². The molecule has 34 heavy (non-hydrogen) atoms. The van der Waals surface area contributed by atoms with E-state index in [9.17, 15) is 4.79 Å². The minimum Gasteiger partial charge on any atom is -0.341 e. The zero-order valence-electron chi connectivity index (χ0n) is 21.1. The molecule has 1 atom stereocenters. The van der Waals surface area contributed by atoms with Gasteiger partial charge in [-0.1, -0.05) is 82.9 Å². The number of amides is 1. The van der Waals surface area contributed by atoms with Crippen molar-refractivity contribution in [1.29, 1.82) is 0 Å². The summed E-state index contributed by atoms with van der Waals surface area (Å²) in [6.07, 6.45) is 8.45. The molecule has 0 radical (unpaired) electrons. The molecule has 0 heterocycles. The van der Waals surface area contributed by atoms with E-state index < -0.39 is 0 Å². The van der Waals surface area contributed by atoms with Crippen LogP contribution >= 0.6 is 0 Å². The second-order valence-electron chi connectivity index (χ2n) is 9.17. The molecule has 3 rings (SSSR count). The fourth-order valence-corrected chi connectivity index (χ4v) is 4.30. The second kappa shape index (κ2) is 13.6. The minimum atomic E-state index is -0.0843. The molecule has 3 aromatic rings. The van der Waals surface area contributed by atoms with Crippen LogP contribution in [-0.4, -0.2) is 12.5 Å². The molecule has 3 aromatic carbocycles. The number of nitrogens with one attached hydrogen (secondary N) is 1. The summed E-state index contributed by atoms with van der Waals surface area (Å²) in [6.45, 7) is 7.77. The van der Waals surface area contributed by atoms with Crippen LogP contribution in [0.5, 0.6) is 0 Å². The Balaban J connectivity index is 1.86. The fraction of sp³-hybridized carbons (Fsp3) is 0.387. The number of aryl methyl sites for hydroxylation is 1. The van der Waals surface area contributed by atoms with Gasteiger partial charge in [0.15, 0.2) is 0 Å². The molecule has 0 aliphatic carbocycles. The third-order valence-electron chi connectivity index (χ3n) is 6.50. The Labute approximate surface area is 206 Å². The lowest BCUT2D eigenvalue weighted by Crippen LogP contribution is -2.25. The topological polar surface area (TPSA) is 32.3 Å². The van der Waals surface area contributed by atoms with Crippen LogP contribution in [0, 0.1) is 5.92 Å². The highest BCUT2D eigenvalue weighted by atomic mass is 16.1. The normalized spacial score (nSPS) is 11.7. The third-order valence-corrected chi connectivity index (χ3v) is 6.50. The van der Waals surface area contributed by atoms with Gasteiger partial charge in [0.25, 0.3) is 5.91 Å². The largest absolute Gasteiger partial charge is 0.341 e. The predicted octanol–water partition coefficient (Wildman–Crippen LogP) is 8.64. The molecule has 0 fully saturated rings. The summed E-state index contributed by atoms with van der Waals surface area (Å²) >= 11 is 0. The number of unbranched alkanes of at least 4 members (excludes halogenated alkanes) is 2. The molecular weight excluding hydrogens is 416 g/mol. The van der Waals surface area contributed by atoms with Gasteiger partial charge in [-0.05, 0) is 73.2 Å². The summed E-state index contributed by atoms with van der Waals surface area (Å²) in [5.74, 6) is 0.543. The molecule has 1 unspecified atom stereocenters. The average Bonchev–Trinajstić information content (AvgIpc) is 2.89. The van der Waals surface area contributed by atoms with Gasteiger partial charge in [-0.3, -0.25) is 4.79 Å². The van der Waals surface area contributed by atoms with Crippen molar-refractivity contribution in [2.75, 3.05) is 16.8 Å². The molecule has 0 spiro atoms. The Hall–Kier alpha value is -3.07. The van der Waals surface area contributed by atoms with Gasteiger partial charge >= 0.3 is 0 Å². The van der Waals surface area contributed by atoms with Gasteiger partial charge in [0, 0.05) is 29.2 Å². The summed E-state index contributed by atoms with van der Waals surface area (Å²) < 4.78 is 0. The maximum absolute atomic E-state index is 12.7. The van der Waals surface area contributed by atoms with Crippen LogP contribution in [0.4, 0.5) is 17.1 Å². The van der Waals surface area contributed by atoms with Gasteiger partial charge in [-0.15, -0.1) is 0 Å². The highest BCUT2D eigenvalue weighted by Gasteiger charge is 2.16. The first-order valence-corrected chi connectivity index (χ1v) is 13.0. The van der Waals surface area contributed by atoms with Crippen LogP contribution in [0.2, 0.25) is 0 Å². The van der Waals surface area contributed by atoms with Gasteiger partial charge in [0.1, 0.15) is 0 Å². The van der Waals surface area contributed by atoms with Crippen LogP contribution in [0.3, 0.4) is 0 Å². The lowest BCUT2D eigenvalue weighted by molar-refractivity contribution is 0.102. The van der Waals surface area contributed by atoms with Gasteiger partial charge < -0.3 is 10.2 Å². The summed E-state index contributed by atoms with van der Waals surface area (Å²) in [5.41, 5.74) is 5.20. The first-order chi connectivity index (χ1) is 16.6. The van der Waals surface area contributed by atoms with Crippen molar-refractivity contribution in [2.24, 2.45) is 5.92 Å². The molecule has 0 saturated heterocycles. The lowest BCUT2D eigenvalue weighted by atomic mass is 9.98. The summed E-state index contributed by atoms with van der Waals surface area (Å²) in [6, 6.07) is 26.7. The molecule has 1 N–H and O–H groups in total. The van der Waals surface area contributed by atoms with Crippen LogP contribution in [0.15, 0.2) is 78.9 Å². The zero-order valence-corrected chi connectivity index (χ0v) is 21.1. The molecular formula is C31H40N2O. The predicted molar refractivity (Wildman–Crippen MR) is 146 cm³/mol. The Morgan fingerprint density at radius 3 is 2.24 bits per heavy atom. The smallest absolute Gasteiger partial charge is 0.255 e. The third kappa shape index (κ3) is 7.48. The number of carbonyl (C=O) groups is 1. The Morgan fingerprint density at radius 2 is 1.56 bits per heavy atom. The molecule has 0 saturated carbocycles. The Bertz CT molecular complexity index is 997.